The summed E-state index contributed by atoms with van der Waals surface area (Å²) in [6, 6.07) is 0. The SMILES string of the molecule is CC(=O)O[C@H]1C[C@]2(C)[C@H](CCC(=O)[C@@H]2C)[C@@]2(C)CCC3C(C)C(=O)OC3[C@H]12. The standard InChI is InChI=1S/C22H32O5/c1-11-14-8-9-21(4)17-7-6-15(24)12(2)22(17,5)10-16(26-13(3)23)18(21)19(14)27-20(11)25/h11-12,14,16-19H,6-10H2,1-5H3/t11?,12-,14?,16-,17+,18-,19?,21+,22-/m0/s1. The van der Waals surface area contributed by atoms with Gasteiger partial charge < -0.3 is 9.47 Å². The van der Waals surface area contributed by atoms with E-state index < -0.39 is 0 Å². The zero-order chi connectivity index (χ0) is 19.7. The fourth-order valence-electron chi connectivity index (χ4n) is 7.40. The molecule has 9 atom stereocenters. The smallest absolute Gasteiger partial charge is 0.309 e. The van der Waals surface area contributed by atoms with E-state index >= 15 is 0 Å². The van der Waals surface area contributed by atoms with Crippen LogP contribution in [0.4, 0.5) is 0 Å². The molecule has 1 heterocycles. The van der Waals surface area contributed by atoms with Gasteiger partial charge in [-0.15, -0.1) is 0 Å². The van der Waals surface area contributed by atoms with Crippen molar-refractivity contribution in [2.45, 2.75) is 78.9 Å². The maximum absolute atomic E-state index is 12.5. The van der Waals surface area contributed by atoms with Crippen LogP contribution in [0.25, 0.3) is 0 Å². The molecule has 150 valence electrons. The fraction of sp³-hybridized carbons (Fsp3) is 0.864. The van der Waals surface area contributed by atoms with E-state index in [1.54, 1.807) is 0 Å². The van der Waals surface area contributed by atoms with Gasteiger partial charge in [0.25, 0.3) is 0 Å². The Kier molecular flexibility index (Phi) is 4.25. The molecule has 0 radical (unpaired) electrons. The van der Waals surface area contributed by atoms with E-state index in [-0.39, 0.29) is 58.6 Å². The zero-order valence-corrected chi connectivity index (χ0v) is 17.1. The fourth-order valence-corrected chi connectivity index (χ4v) is 7.40. The second-order valence-corrected chi connectivity index (χ2v) is 10.1. The van der Waals surface area contributed by atoms with Crippen LogP contribution >= 0.6 is 0 Å². The zero-order valence-electron chi connectivity index (χ0n) is 17.1. The summed E-state index contributed by atoms with van der Waals surface area (Å²) in [5.41, 5.74) is -0.269. The summed E-state index contributed by atoms with van der Waals surface area (Å²) in [6.45, 7) is 9.97. The summed E-state index contributed by atoms with van der Waals surface area (Å²) >= 11 is 0. The second-order valence-electron chi connectivity index (χ2n) is 10.1. The highest BCUT2D eigenvalue weighted by molar-refractivity contribution is 5.82. The Hall–Kier alpha value is -1.39. The Morgan fingerprint density at radius 3 is 2.52 bits per heavy atom. The van der Waals surface area contributed by atoms with Crippen LogP contribution in [0.5, 0.6) is 0 Å². The summed E-state index contributed by atoms with van der Waals surface area (Å²) in [5, 5.41) is 0. The van der Waals surface area contributed by atoms with E-state index in [9.17, 15) is 14.4 Å². The summed E-state index contributed by atoms with van der Waals surface area (Å²) in [5.74, 6) is 0.410. The van der Waals surface area contributed by atoms with Gasteiger partial charge in [0, 0.05) is 31.1 Å². The number of ketones is 1. The van der Waals surface area contributed by atoms with Crippen molar-refractivity contribution in [1.82, 2.24) is 0 Å². The summed E-state index contributed by atoms with van der Waals surface area (Å²) in [6.07, 6.45) is 3.69. The van der Waals surface area contributed by atoms with Crippen molar-refractivity contribution in [3.8, 4) is 0 Å². The molecular formula is C22H32O5. The number of hydrogen-bond donors (Lipinski definition) is 0. The Bertz CT molecular complexity index is 686. The first-order valence-corrected chi connectivity index (χ1v) is 10.5. The molecule has 1 aliphatic heterocycles. The summed E-state index contributed by atoms with van der Waals surface area (Å²) < 4.78 is 11.7. The van der Waals surface area contributed by atoms with Gasteiger partial charge >= 0.3 is 11.9 Å². The Balaban J connectivity index is 1.78. The molecule has 4 aliphatic rings. The molecule has 4 rings (SSSR count). The molecular weight excluding hydrogens is 344 g/mol. The lowest BCUT2D eigenvalue weighted by Crippen LogP contribution is -2.64. The average molecular weight is 376 g/mol. The molecule has 5 heteroatoms. The minimum Gasteiger partial charge on any atom is -0.462 e. The number of rotatable bonds is 1. The highest BCUT2D eigenvalue weighted by Gasteiger charge is 2.67. The van der Waals surface area contributed by atoms with Gasteiger partial charge in [0.2, 0.25) is 0 Å². The van der Waals surface area contributed by atoms with E-state index in [2.05, 4.69) is 13.8 Å². The van der Waals surface area contributed by atoms with E-state index in [1.807, 2.05) is 13.8 Å². The quantitative estimate of drug-likeness (QED) is 0.655. The van der Waals surface area contributed by atoms with Gasteiger partial charge in [-0.3, -0.25) is 14.4 Å². The molecule has 5 nitrogen and oxygen atoms in total. The van der Waals surface area contributed by atoms with Gasteiger partial charge in [-0.25, -0.2) is 0 Å². The molecule has 27 heavy (non-hydrogen) atoms. The normalized spacial score (nSPS) is 51.7. The van der Waals surface area contributed by atoms with Gasteiger partial charge in [0.1, 0.15) is 18.0 Å². The molecule has 4 fully saturated rings. The lowest BCUT2D eigenvalue weighted by Gasteiger charge is -2.64. The maximum atomic E-state index is 12.5. The van der Waals surface area contributed by atoms with E-state index in [0.29, 0.717) is 24.5 Å². The first-order valence-electron chi connectivity index (χ1n) is 10.5. The van der Waals surface area contributed by atoms with Crippen molar-refractivity contribution >= 4 is 17.7 Å². The number of hydrogen-bond acceptors (Lipinski definition) is 5. The third-order valence-corrected chi connectivity index (χ3v) is 8.92. The summed E-state index contributed by atoms with van der Waals surface area (Å²) in [7, 11) is 0. The molecule has 0 aromatic rings. The van der Waals surface area contributed by atoms with Crippen molar-refractivity contribution in [2.75, 3.05) is 0 Å². The van der Waals surface area contributed by atoms with Crippen molar-refractivity contribution in [2.24, 2.45) is 40.4 Å². The van der Waals surface area contributed by atoms with Crippen LogP contribution in [0.1, 0.15) is 66.7 Å². The Morgan fingerprint density at radius 1 is 1.15 bits per heavy atom. The maximum Gasteiger partial charge on any atom is 0.309 e. The van der Waals surface area contributed by atoms with Crippen LogP contribution in [-0.2, 0) is 23.9 Å². The first-order chi connectivity index (χ1) is 12.6. The predicted molar refractivity (Wildman–Crippen MR) is 98.5 cm³/mol. The first kappa shape index (κ1) is 18.9. The van der Waals surface area contributed by atoms with Crippen LogP contribution in [0.3, 0.4) is 0 Å². The van der Waals surface area contributed by atoms with E-state index in [0.717, 1.165) is 19.3 Å². The number of esters is 2. The van der Waals surface area contributed by atoms with Crippen molar-refractivity contribution in [3.05, 3.63) is 0 Å². The van der Waals surface area contributed by atoms with Crippen molar-refractivity contribution < 1.29 is 23.9 Å². The third-order valence-electron chi connectivity index (χ3n) is 8.92. The van der Waals surface area contributed by atoms with Crippen LogP contribution in [-0.4, -0.2) is 29.9 Å². The third kappa shape index (κ3) is 2.52. The van der Waals surface area contributed by atoms with Gasteiger partial charge in [0.15, 0.2) is 0 Å². The molecule has 3 unspecified atom stereocenters. The van der Waals surface area contributed by atoms with Crippen molar-refractivity contribution in [1.29, 1.82) is 0 Å². The highest BCUT2D eigenvalue weighted by Crippen LogP contribution is 2.67. The lowest BCUT2D eigenvalue weighted by molar-refractivity contribution is -0.221. The van der Waals surface area contributed by atoms with Gasteiger partial charge in [0.05, 0.1) is 5.92 Å². The topological polar surface area (TPSA) is 69.7 Å². The Morgan fingerprint density at radius 2 is 1.85 bits per heavy atom. The van der Waals surface area contributed by atoms with Gasteiger partial charge in [-0.1, -0.05) is 27.7 Å². The van der Waals surface area contributed by atoms with Crippen LogP contribution in [0.2, 0.25) is 0 Å². The average Bonchev–Trinajstić information content (AvgIpc) is 2.85. The lowest BCUT2D eigenvalue weighted by atomic mass is 9.41. The van der Waals surface area contributed by atoms with Gasteiger partial charge in [-0.2, -0.15) is 0 Å². The monoisotopic (exact) mass is 376 g/mol. The second kappa shape index (κ2) is 6.05. The minimum absolute atomic E-state index is 0.0209. The molecule has 0 aromatic heterocycles. The number of Topliss-reactive ketones (excluding diaryl/α,β-unsaturated/α-hetero) is 1. The van der Waals surface area contributed by atoms with Crippen molar-refractivity contribution in [3.63, 3.8) is 0 Å². The molecule has 3 saturated carbocycles. The predicted octanol–water partition coefficient (Wildman–Crippen LogP) is 3.54. The molecule has 0 aromatic carbocycles. The molecule has 0 spiro atoms. The molecule has 0 amide bonds. The minimum atomic E-state index is -0.298. The molecule has 1 saturated heterocycles. The van der Waals surface area contributed by atoms with E-state index in [4.69, 9.17) is 9.47 Å². The van der Waals surface area contributed by atoms with Crippen LogP contribution in [0.15, 0.2) is 0 Å². The highest BCUT2D eigenvalue weighted by atomic mass is 16.6. The number of ether oxygens (including phenoxy) is 2. The largest absolute Gasteiger partial charge is 0.462 e. The van der Waals surface area contributed by atoms with Crippen LogP contribution in [0, 0.1) is 40.4 Å². The number of carbonyl (C=O) groups is 3. The van der Waals surface area contributed by atoms with E-state index in [1.165, 1.54) is 6.92 Å². The Labute approximate surface area is 161 Å². The van der Waals surface area contributed by atoms with Gasteiger partial charge in [-0.05, 0) is 42.4 Å². The van der Waals surface area contributed by atoms with Crippen LogP contribution < -0.4 is 0 Å². The molecule has 3 aliphatic carbocycles. The summed E-state index contributed by atoms with van der Waals surface area (Å²) in [4.78, 5) is 36.8. The number of fused-ring (bicyclic) bond motifs is 5. The number of carbonyl (C=O) groups excluding carboxylic acids is 3. The molecule has 0 bridgehead atoms. The molecule has 0 N–H and O–H groups in total.